The minimum atomic E-state index is -0.934. The van der Waals surface area contributed by atoms with E-state index in [4.69, 9.17) is 11.6 Å². The van der Waals surface area contributed by atoms with E-state index in [1.807, 2.05) is 13.0 Å². The lowest BCUT2D eigenvalue weighted by Gasteiger charge is -2.21. The van der Waals surface area contributed by atoms with E-state index in [0.717, 1.165) is 23.6 Å². The molecule has 0 amide bonds. The van der Waals surface area contributed by atoms with Crippen LogP contribution in [0.25, 0.3) is 0 Å². The number of aromatic carboxylic acids is 1. The fraction of sp³-hybridized carbons (Fsp3) is 0.562. The van der Waals surface area contributed by atoms with E-state index in [-0.39, 0.29) is 5.56 Å². The molecule has 1 aliphatic rings. The lowest BCUT2D eigenvalue weighted by atomic mass is 9.98. The fourth-order valence-corrected chi connectivity index (χ4v) is 3.34. The monoisotopic (exact) mass is 295 g/mol. The van der Waals surface area contributed by atoms with Gasteiger partial charge in [0.2, 0.25) is 0 Å². The lowest BCUT2D eigenvalue weighted by Crippen LogP contribution is -2.19. The third kappa shape index (κ3) is 3.66. The number of carbonyl (C=O) groups is 1. The van der Waals surface area contributed by atoms with Crippen LogP contribution in [0.15, 0.2) is 12.1 Å². The van der Waals surface area contributed by atoms with E-state index in [1.54, 1.807) is 0 Å². The molecule has 3 nitrogen and oxygen atoms in total. The minimum absolute atomic E-state index is 0.271. The van der Waals surface area contributed by atoms with Crippen LogP contribution in [0.3, 0.4) is 0 Å². The molecular weight excluding hydrogens is 274 g/mol. The second kappa shape index (κ2) is 6.49. The van der Waals surface area contributed by atoms with Gasteiger partial charge in [0.25, 0.3) is 0 Å². The summed E-state index contributed by atoms with van der Waals surface area (Å²) < 4.78 is 0. The first-order valence-electron chi connectivity index (χ1n) is 7.27. The normalized spacial score (nSPS) is 17.1. The van der Waals surface area contributed by atoms with Gasteiger partial charge >= 0.3 is 5.97 Å². The SMILES string of the molecule is Cc1c(NC(C)CC2CCCC2)cc(Cl)cc1C(=O)O. The Morgan fingerprint density at radius 3 is 2.70 bits per heavy atom. The molecule has 20 heavy (non-hydrogen) atoms. The summed E-state index contributed by atoms with van der Waals surface area (Å²) in [5.74, 6) is -0.132. The molecule has 1 aromatic carbocycles. The molecule has 110 valence electrons. The maximum atomic E-state index is 11.2. The number of anilines is 1. The van der Waals surface area contributed by atoms with Gasteiger partial charge in [-0.2, -0.15) is 0 Å². The van der Waals surface area contributed by atoms with Gasteiger partial charge in [-0.3, -0.25) is 0 Å². The van der Waals surface area contributed by atoms with Crippen molar-refractivity contribution >= 4 is 23.3 Å². The zero-order valence-corrected chi connectivity index (χ0v) is 12.8. The Morgan fingerprint density at radius 1 is 1.45 bits per heavy atom. The largest absolute Gasteiger partial charge is 0.478 e. The van der Waals surface area contributed by atoms with Gasteiger partial charge in [-0.1, -0.05) is 37.3 Å². The van der Waals surface area contributed by atoms with Crippen molar-refractivity contribution in [2.24, 2.45) is 5.92 Å². The number of carboxylic acid groups (broad SMARTS) is 1. The number of hydrogen-bond donors (Lipinski definition) is 2. The maximum Gasteiger partial charge on any atom is 0.336 e. The average molecular weight is 296 g/mol. The predicted octanol–water partition coefficient (Wildman–Crippen LogP) is 4.73. The number of halogens is 1. The van der Waals surface area contributed by atoms with Crippen LogP contribution in [0.5, 0.6) is 0 Å². The molecule has 1 aliphatic carbocycles. The van der Waals surface area contributed by atoms with Crippen molar-refractivity contribution in [3.63, 3.8) is 0 Å². The smallest absolute Gasteiger partial charge is 0.336 e. The third-order valence-electron chi connectivity index (χ3n) is 4.17. The van der Waals surface area contributed by atoms with Crippen LogP contribution in [0, 0.1) is 12.8 Å². The second-order valence-corrected chi connectivity index (χ2v) is 6.30. The van der Waals surface area contributed by atoms with Crippen LogP contribution in [-0.2, 0) is 0 Å². The summed E-state index contributed by atoms with van der Waals surface area (Å²) in [4.78, 5) is 11.2. The molecule has 4 heteroatoms. The van der Waals surface area contributed by atoms with Crippen molar-refractivity contribution in [3.05, 3.63) is 28.3 Å². The van der Waals surface area contributed by atoms with Crippen LogP contribution in [0.2, 0.25) is 5.02 Å². The highest BCUT2D eigenvalue weighted by Gasteiger charge is 2.19. The van der Waals surface area contributed by atoms with E-state index in [0.29, 0.717) is 11.1 Å². The Kier molecular flexibility index (Phi) is 4.92. The lowest BCUT2D eigenvalue weighted by molar-refractivity contribution is 0.0696. The van der Waals surface area contributed by atoms with E-state index in [1.165, 1.54) is 31.7 Å². The van der Waals surface area contributed by atoms with Gasteiger partial charge in [0.1, 0.15) is 0 Å². The molecule has 1 unspecified atom stereocenters. The molecule has 0 saturated heterocycles. The first-order chi connectivity index (χ1) is 9.47. The van der Waals surface area contributed by atoms with E-state index < -0.39 is 5.97 Å². The number of carboxylic acids is 1. The molecular formula is C16H22ClNO2. The number of nitrogens with one attached hydrogen (secondary N) is 1. The summed E-state index contributed by atoms with van der Waals surface area (Å²) in [7, 11) is 0. The fourth-order valence-electron chi connectivity index (χ4n) is 3.12. The van der Waals surface area contributed by atoms with Crippen LogP contribution in [-0.4, -0.2) is 17.1 Å². The highest BCUT2D eigenvalue weighted by molar-refractivity contribution is 6.31. The standard InChI is InChI=1S/C16H22ClNO2/c1-10(7-12-5-3-4-6-12)18-15-9-13(17)8-14(11(15)2)16(19)20/h8-10,12,18H,3-7H2,1-2H3,(H,19,20). The molecule has 1 fully saturated rings. The number of hydrogen-bond acceptors (Lipinski definition) is 2. The molecule has 0 spiro atoms. The number of benzene rings is 1. The topological polar surface area (TPSA) is 49.3 Å². The molecule has 0 heterocycles. The van der Waals surface area contributed by atoms with Gasteiger partial charge in [-0.25, -0.2) is 4.79 Å². The predicted molar refractivity (Wildman–Crippen MR) is 82.8 cm³/mol. The molecule has 1 saturated carbocycles. The number of rotatable bonds is 5. The summed E-state index contributed by atoms with van der Waals surface area (Å²) in [6.45, 7) is 3.98. The minimum Gasteiger partial charge on any atom is -0.478 e. The Morgan fingerprint density at radius 2 is 2.10 bits per heavy atom. The molecule has 0 aromatic heterocycles. The second-order valence-electron chi connectivity index (χ2n) is 5.86. The zero-order valence-electron chi connectivity index (χ0n) is 12.1. The Bertz CT molecular complexity index is 495. The van der Waals surface area contributed by atoms with Crippen molar-refractivity contribution in [1.29, 1.82) is 0 Å². The van der Waals surface area contributed by atoms with Gasteiger partial charge < -0.3 is 10.4 Å². The quantitative estimate of drug-likeness (QED) is 0.826. The highest BCUT2D eigenvalue weighted by atomic mass is 35.5. The van der Waals surface area contributed by atoms with E-state index in [9.17, 15) is 9.90 Å². The van der Waals surface area contributed by atoms with Crippen molar-refractivity contribution in [1.82, 2.24) is 0 Å². The third-order valence-corrected chi connectivity index (χ3v) is 4.38. The summed E-state index contributed by atoms with van der Waals surface area (Å²) in [5, 5.41) is 13.1. The summed E-state index contributed by atoms with van der Waals surface area (Å²) in [6.07, 6.45) is 6.46. The van der Waals surface area contributed by atoms with E-state index >= 15 is 0 Å². The molecule has 2 N–H and O–H groups in total. The van der Waals surface area contributed by atoms with Crippen LogP contribution < -0.4 is 5.32 Å². The summed E-state index contributed by atoms with van der Waals surface area (Å²) in [6, 6.07) is 3.65. The molecule has 0 bridgehead atoms. The van der Waals surface area contributed by atoms with E-state index in [2.05, 4.69) is 12.2 Å². The van der Waals surface area contributed by atoms with Crippen LogP contribution >= 0.6 is 11.6 Å². The van der Waals surface area contributed by atoms with Gasteiger partial charge in [-0.15, -0.1) is 0 Å². The van der Waals surface area contributed by atoms with Gasteiger partial charge in [0, 0.05) is 16.8 Å². The Balaban J connectivity index is 2.09. The first-order valence-corrected chi connectivity index (χ1v) is 7.65. The highest BCUT2D eigenvalue weighted by Crippen LogP contribution is 2.31. The molecule has 0 radical (unpaired) electrons. The van der Waals surface area contributed by atoms with Crippen molar-refractivity contribution < 1.29 is 9.90 Å². The first kappa shape index (κ1) is 15.2. The zero-order chi connectivity index (χ0) is 14.7. The summed E-state index contributed by atoms with van der Waals surface area (Å²) in [5.41, 5.74) is 1.86. The molecule has 1 atom stereocenters. The van der Waals surface area contributed by atoms with Gasteiger partial charge in [-0.05, 0) is 43.9 Å². The van der Waals surface area contributed by atoms with Crippen molar-refractivity contribution in [3.8, 4) is 0 Å². The Hall–Kier alpha value is -1.22. The molecule has 2 rings (SSSR count). The molecule has 0 aliphatic heterocycles. The molecule has 1 aromatic rings. The van der Waals surface area contributed by atoms with Crippen molar-refractivity contribution in [2.75, 3.05) is 5.32 Å². The summed E-state index contributed by atoms with van der Waals surface area (Å²) >= 11 is 6.02. The Labute approximate surface area is 125 Å². The van der Waals surface area contributed by atoms with Crippen LogP contribution in [0.4, 0.5) is 5.69 Å². The van der Waals surface area contributed by atoms with Gasteiger partial charge in [0.05, 0.1) is 5.56 Å². The van der Waals surface area contributed by atoms with Crippen LogP contribution in [0.1, 0.15) is 54.9 Å². The van der Waals surface area contributed by atoms with Gasteiger partial charge in [0.15, 0.2) is 0 Å². The maximum absolute atomic E-state index is 11.2. The average Bonchev–Trinajstić information content (AvgIpc) is 2.85. The van der Waals surface area contributed by atoms with Crippen molar-refractivity contribution in [2.45, 2.75) is 52.0 Å².